The number of aryl methyl sites for hydroxylation is 1. The van der Waals surface area contributed by atoms with E-state index in [0.717, 1.165) is 16.3 Å². The van der Waals surface area contributed by atoms with Crippen molar-refractivity contribution in [3.63, 3.8) is 0 Å². The van der Waals surface area contributed by atoms with E-state index in [9.17, 15) is 9.18 Å². The smallest absolute Gasteiger partial charge is 0.267 e. The first-order chi connectivity index (χ1) is 11.1. The zero-order valence-corrected chi connectivity index (χ0v) is 13.4. The summed E-state index contributed by atoms with van der Waals surface area (Å²) >= 11 is 1.57. The van der Waals surface area contributed by atoms with E-state index in [0.29, 0.717) is 24.2 Å². The predicted molar refractivity (Wildman–Crippen MR) is 89.1 cm³/mol. The van der Waals surface area contributed by atoms with Crippen molar-refractivity contribution in [2.75, 3.05) is 6.54 Å². The summed E-state index contributed by atoms with van der Waals surface area (Å²) in [6.45, 7) is 2.32. The zero-order valence-electron chi connectivity index (χ0n) is 12.6. The number of amides is 1. The molecular weight excluding hydrogens is 313 g/mol. The van der Waals surface area contributed by atoms with Crippen molar-refractivity contribution in [3.05, 3.63) is 64.0 Å². The lowest BCUT2D eigenvalue weighted by Gasteiger charge is -2.05. The lowest BCUT2D eigenvalue weighted by Crippen LogP contribution is -2.26. The van der Waals surface area contributed by atoms with Crippen molar-refractivity contribution in [3.8, 4) is 11.3 Å². The fraction of sp³-hybridized carbons (Fsp3) is 0.176. The number of hydrogen-bond acceptors (Lipinski definition) is 3. The van der Waals surface area contributed by atoms with Gasteiger partial charge < -0.3 is 10.3 Å². The normalized spacial score (nSPS) is 10.7. The van der Waals surface area contributed by atoms with Gasteiger partial charge in [-0.2, -0.15) is 0 Å². The highest BCUT2D eigenvalue weighted by atomic mass is 32.1. The van der Waals surface area contributed by atoms with Crippen molar-refractivity contribution in [2.45, 2.75) is 13.3 Å². The summed E-state index contributed by atoms with van der Waals surface area (Å²) in [6.07, 6.45) is 2.22. The summed E-state index contributed by atoms with van der Waals surface area (Å²) in [6, 6.07) is 8.35. The summed E-state index contributed by atoms with van der Waals surface area (Å²) in [7, 11) is 0. The molecule has 0 bridgehead atoms. The number of H-pyrrole nitrogens is 1. The lowest BCUT2D eigenvalue weighted by atomic mass is 10.1. The molecule has 6 heteroatoms. The van der Waals surface area contributed by atoms with Crippen molar-refractivity contribution >= 4 is 17.2 Å². The van der Waals surface area contributed by atoms with Crippen molar-refractivity contribution in [1.82, 2.24) is 15.3 Å². The van der Waals surface area contributed by atoms with Crippen LogP contribution in [0.1, 0.15) is 21.1 Å². The average molecular weight is 329 g/mol. The SMILES string of the molecule is Cc1nc(-c2c[nH]c(C(=O)NCCc3ccccc3F)c2)cs1. The van der Waals surface area contributed by atoms with Crippen LogP contribution >= 0.6 is 11.3 Å². The zero-order chi connectivity index (χ0) is 16.2. The molecule has 0 aliphatic carbocycles. The largest absolute Gasteiger partial charge is 0.357 e. The van der Waals surface area contributed by atoms with Crippen LogP contribution < -0.4 is 5.32 Å². The van der Waals surface area contributed by atoms with Crippen LogP contribution in [0.2, 0.25) is 0 Å². The summed E-state index contributed by atoms with van der Waals surface area (Å²) in [4.78, 5) is 19.5. The number of halogens is 1. The Morgan fingerprint density at radius 2 is 2.22 bits per heavy atom. The predicted octanol–water partition coefficient (Wildman–Crippen LogP) is 3.56. The number of carbonyl (C=O) groups is 1. The van der Waals surface area contributed by atoms with E-state index in [1.54, 1.807) is 41.8 Å². The fourth-order valence-electron chi connectivity index (χ4n) is 2.28. The number of rotatable bonds is 5. The Balaban J connectivity index is 1.59. The number of benzene rings is 1. The second-order valence-electron chi connectivity index (χ2n) is 5.15. The Morgan fingerprint density at radius 1 is 1.39 bits per heavy atom. The van der Waals surface area contributed by atoms with Gasteiger partial charge in [-0.1, -0.05) is 18.2 Å². The topological polar surface area (TPSA) is 57.8 Å². The van der Waals surface area contributed by atoms with Crippen LogP contribution in [0.15, 0.2) is 41.9 Å². The molecule has 2 heterocycles. The number of hydrogen-bond donors (Lipinski definition) is 2. The third-order valence-electron chi connectivity index (χ3n) is 3.48. The Labute approximate surface area is 137 Å². The highest BCUT2D eigenvalue weighted by Crippen LogP contribution is 2.22. The van der Waals surface area contributed by atoms with E-state index in [4.69, 9.17) is 0 Å². The molecule has 0 fully saturated rings. The van der Waals surface area contributed by atoms with Crippen LogP contribution in [0.5, 0.6) is 0 Å². The van der Waals surface area contributed by atoms with Gasteiger partial charge in [0.05, 0.1) is 10.7 Å². The first-order valence-corrected chi connectivity index (χ1v) is 8.14. The Hall–Kier alpha value is -2.47. The monoisotopic (exact) mass is 329 g/mol. The second-order valence-corrected chi connectivity index (χ2v) is 6.21. The molecule has 4 nitrogen and oxygen atoms in total. The molecule has 0 radical (unpaired) electrons. The quantitative estimate of drug-likeness (QED) is 0.752. The molecule has 0 saturated heterocycles. The van der Waals surface area contributed by atoms with Gasteiger partial charge in [-0.3, -0.25) is 4.79 Å². The van der Waals surface area contributed by atoms with Crippen LogP contribution in [0.3, 0.4) is 0 Å². The summed E-state index contributed by atoms with van der Waals surface area (Å²) in [5, 5.41) is 5.73. The molecular formula is C17H16FN3OS. The van der Waals surface area contributed by atoms with Gasteiger partial charge in [-0.05, 0) is 31.0 Å². The van der Waals surface area contributed by atoms with Gasteiger partial charge in [0, 0.05) is 23.7 Å². The molecule has 3 aromatic rings. The molecule has 0 spiro atoms. The molecule has 0 aliphatic rings. The maximum Gasteiger partial charge on any atom is 0.267 e. The van der Waals surface area contributed by atoms with E-state index in [2.05, 4.69) is 15.3 Å². The molecule has 1 aromatic carbocycles. The number of thiazole rings is 1. The van der Waals surface area contributed by atoms with Crippen molar-refractivity contribution in [1.29, 1.82) is 0 Å². The minimum absolute atomic E-state index is 0.209. The van der Waals surface area contributed by atoms with E-state index in [1.165, 1.54) is 6.07 Å². The van der Waals surface area contributed by atoms with Gasteiger partial charge in [0.1, 0.15) is 11.5 Å². The van der Waals surface area contributed by atoms with E-state index in [1.807, 2.05) is 12.3 Å². The summed E-state index contributed by atoms with van der Waals surface area (Å²) in [5.74, 6) is -0.456. The number of nitrogens with one attached hydrogen (secondary N) is 2. The van der Waals surface area contributed by atoms with Crippen LogP contribution in [0, 0.1) is 12.7 Å². The highest BCUT2D eigenvalue weighted by Gasteiger charge is 2.11. The molecule has 2 aromatic heterocycles. The highest BCUT2D eigenvalue weighted by molar-refractivity contribution is 7.09. The van der Waals surface area contributed by atoms with Crippen LogP contribution in [-0.4, -0.2) is 22.4 Å². The maximum atomic E-state index is 13.5. The van der Waals surface area contributed by atoms with E-state index in [-0.39, 0.29) is 11.7 Å². The molecule has 2 N–H and O–H groups in total. The average Bonchev–Trinajstić information content (AvgIpc) is 3.18. The maximum absolute atomic E-state index is 13.5. The lowest BCUT2D eigenvalue weighted by molar-refractivity contribution is 0.0949. The number of aromatic amines is 1. The second kappa shape index (κ2) is 6.75. The molecule has 0 atom stereocenters. The van der Waals surface area contributed by atoms with Gasteiger partial charge in [-0.15, -0.1) is 11.3 Å². The third-order valence-corrected chi connectivity index (χ3v) is 4.25. The Bertz CT molecular complexity index is 825. The minimum Gasteiger partial charge on any atom is -0.357 e. The first-order valence-electron chi connectivity index (χ1n) is 7.26. The third kappa shape index (κ3) is 3.65. The number of nitrogens with zero attached hydrogens (tertiary/aromatic N) is 1. The molecule has 118 valence electrons. The van der Waals surface area contributed by atoms with Gasteiger partial charge >= 0.3 is 0 Å². The van der Waals surface area contributed by atoms with Crippen LogP contribution in [0.25, 0.3) is 11.3 Å². The molecule has 23 heavy (non-hydrogen) atoms. The van der Waals surface area contributed by atoms with Gasteiger partial charge in [-0.25, -0.2) is 9.37 Å². The van der Waals surface area contributed by atoms with Crippen molar-refractivity contribution < 1.29 is 9.18 Å². The van der Waals surface area contributed by atoms with Gasteiger partial charge in [0.25, 0.3) is 5.91 Å². The molecule has 3 rings (SSSR count). The molecule has 0 aliphatic heterocycles. The molecule has 0 saturated carbocycles. The minimum atomic E-state index is -0.247. The summed E-state index contributed by atoms with van der Waals surface area (Å²) in [5.41, 5.74) is 2.81. The van der Waals surface area contributed by atoms with Crippen LogP contribution in [-0.2, 0) is 6.42 Å². The van der Waals surface area contributed by atoms with Crippen molar-refractivity contribution in [2.24, 2.45) is 0 Å². The standard InChI is InChI=1S/C17H16FN3OS/c1-11-21-16(10-23-11)13-8-15(20-9-13)17(22)19-7-6-12-4-2-3-5-14(12)18/h2-5,8-10,20H,6-7H2,1H3,(H,19,22). The van der Waals surface area contributed by atoms with E-state index >= 15 is 0 Å². The Morgan fingerprint density at radius 3 is 2.96 bits per heavy atom. The van der Waals surface area contributed by atoms with E-state index < -0.39 is 0 Å². The fourth-order valence-corrected chi connectivity index (χ4v) is 2.90. The Kier molecular flexibility index (Phi) is 4.52. The van der Waals surface area contributed by atoms with Gasteiger partial charge in [0.2, 0.25) is 0 Å². The summed E-state index contributed by atoms with van der Waals surface area (Å²) < 4.78 is 13.5. The molecule has 0 unspecified atom stereocenters. The van der Waals surface area contributed by atoms with Crippen LogP contribution in [0.4, 0.5) is 4.39 Å². The number of carbonyl (C=O) groups excluding carboxylic acids is 1. The number of aromatic nitrogens is 2. The van der Waals surface area contributed by atoms with Gasteiger partial charge in [0.15, 0.2) is 0 Å². The molecule has 1 amide bonds. The first kappa shape index (κ1) is 15.4.